The molecule has 1 unspecified atom stereocenters. The number of rotatable bonds is 4. The van der Waals surface area contributed by atoms with Crippen LogP contribution in [0.1, 0.15) is 12.1 Å². The van der Waals surface area contributed by atoms with Crippen LogP contribution in [-0.4, -0.2) is 24.0 Å². The number of carbonyl (C=O) groups is 1. The number of nitrogens with zero attached hydrogens (tertiary/aromatic N) is 1. The summed E-state index contributed by atoms with van der Waals surface area (Å²) in [6.07, 6.45) is 0.920. The highest BCUT2D eigenvalue weighted by molar-refractivity contribution is 8.01. The van der Waals surface area contributed by atoms with Crippen molar-refractivity contribution in [3.05, 3.63) is 35.3 Å². The van der Waals surface area contributed by atoms with E-state index in [0.29, 0.717) is 0 Å². The van der Waals surface area contributed by atoms with Gasteiger partial charge in [0.25, 0.3) is 0 Å². The zero-order valence-electron chi connectivity index (χ0n) is 12.2. The summed E-state index contributed by atoms with van der Waals surface area (Å²) >= 11 is 3.30. The number of hydrogen-bond acceptors (Lipinski definition) is 5. The Morgan fingerprint density at radius 3 is 2.77 bits per heavy atom. The molecule has 2 heterocycles. The van der Waals surface area contributed by atoms with E-state index < -0.39 is 0 Å². The summed E-state index contributed by atoms with van der Waals surface area (Å²) in [7, 11) is 0. The molecule has 0 bridgehead atoms. The molecule has 1 amide bonds. The fraction of sp³-hybridized carbons (Fsp3) is 0.333. The Kier molecular flexibility index (Phi) is 6.26. The highest BCUT2D eigenvalue weighted by Gasteiger charge is 2.22. The third-order valence-electron chi connectivity index (χ3n) is 3.36. The minimum absolute atomic E-state index is 0. The molecule has 2 aromatic rings. The fourth-order valence-corrected chi connectivity index (χ4v) is 4.02. The summed E-state index contributed by atoms with van der Waals surface area (Å²) in [4.78, 5) is 17.6. The van der Waals surface area contributed by atoms with Gasteiger partial charge in [-0.1, -0.05) is 11.8 Å². The van der Waals surface area contributed by atoms with E-state index in [-0.39, 0.29) is 24.2 Å². The largest absolute Gasteiger partial charge is 0.326 e. The van der Waals surface area contributed by atoms with E-state index >= 15 is 0 Å². The van der Waals surface area contributed by atoms with E-state index in [9.17, 15) is 4.79 Å². The maximum Gasteiger partial charge on any atom is 0.228 e. The second kappa shape index (κ2) is 7.97. The highest BCUT2D eigenvalue weighted by atomic mass is 35.5. The number of aryl methyl sites for hydroxylation is 1. The lowest BCUT2D eigenvalue weighted by atomic mass is 10.1. The van der Waals surface area contributed by atoms with Gasteiger partial charge in [0, 0.05) is 28.2 Å². The van der Waals surface area contributed by atoms with Gasteiger partial charge in [-0.15, -0.1) is 23.7 Å². The summed E-state index contributed by atoms with van der Waals surface area (Å²) in [6.45, 7) is 3.71. The number of anilines is 1. The zero-order chi connectivity index (χ0) is 14.7. The highest BCUT2D eigenvalue weighted by Crippen LogP contribution is 2.30. The molecule has 7 heteroatoms. The standard InChI is InChI=1S/C15H17N3OS2.ClH/c1-10-9-20-15(17-10)21-13-4-2-12(3-5-13)18-14(19)11-6-7-16-8-11;/h2-5,9,11,16H,6-8H2,1H3,(H,18,19);1H. The van der Waals surface area contributed by atoms with Crippen molar-refractivity contribution in [2.45, 2.75) is 22.6 Å². The number of hydrogen-bond donors (Lipinski definition) is 2. The number of amides is 1. The molecule has 3 rings (SSSR count). The molecule has 2 N–H and O–H groups in total. The molecule has 1 aliphatic heterocycles. The predicted molar refractivity (Wildman–Crippen MR) is 94.3 cm³/mol. The van der Waals surface area contributed by atoms with Gasteiger partial charge >= 0.3 is 0 Å². The average molecular weight is 356 g/mol. The smallest absolute Gasteiger partial charge is 0.228 e. The first-order chi connectivity index (χ1) is 10.2. The van der Waals surface area contributed by atoms with Crippen LogP contribution in [0.2, 0.25) is 0 Å². The first-order valence-corrected chi connectivity index (χ1v) is 8.62. The number of carbonyl (C=O) groups excluding carboxylic acids is 1. The van der Waals surface area contributed by atoms with Gasteiger partial charge in [-0.25, -0.2) is 4.98 Å². The van der Waals surface area contributed by atoms with Crippen LogP contribution in [0, 0.1) is 12.8 Å². The van der Waals surface area contributed by atoms with Crippen LogP contribution >= 0.6 is 35.5 Å². The third-order valence-corrected chi connectivity index (χ3v) is 5.42. The molecule has 0 radical (unpaired) electrons. The molecule has 0 saturated carbocycles. The molecule has 1 atom stereocenters. The average Bonchev–Trinajstić information content (AvgIpc) is 3.13. The number of halogens is 1. The molecule has 118 valence electrons. The van der Waals surface area contributed by atoms with E-state index in [0.717, 1.165) is 40.1 Å². The van der Waals surface area contributed by atoms with Crippen LogP contribution in [0.15, 0.2) is 38.9 Å². The Hall–Kier alpha value is -1.08. The van der Waals surface area contributed by atoms with Crippen LogP contribution in [0.25, 0.3) is 0 Å². The van der Waals surface area contributed by atoms with Crippen molar-refractivity contribution in [1.82, 2.24) is 10.3 Å². The first kappa shape index (κ1) is 17.3. The van der Waals surface area contributed by atoms with E-state index in [1.165, 1.54) is 0 Å². The minimum Gasteiger partial charge on any atom is -0.326 e. The molecule has 4 nitrogen and oxygen atoms in total. The van der Waals surface area contributed by atoms with Crippen LogP contribution < -0.4 is 10.6 Å². The quantitative estimate of drug-likeness (QED) is 0.880. The second-order valence-electron chi connectivity index (χ2n) is 5.06. The number of aromatic nitrogens is 1. The Morgan fingerprint density at radius 1 is 1.41 bits per heavy atom. The van der Waals surface area contributed by atoms with Crippen molar-refractivity contribution in [3.63, 3.8) is 0 Å². The summed E-state index contributed by atoms with van der Waals surface area (Å²) in [5.74, 6) is 0.202. The molecule has 1 saturated heterocycles. The van der Waals surface area contributed by atoms with Crippen molar-refractivity contribution in [3.8, 4) is 0 Å². The Bertz CT molecular complexity index is 624. The summed E-state index contributed by atoms with van der Waals surface area (Å²) < 4.78 is 1.04. The van der Waals surface area contributed by atoms with Crippen molar-refractivity contribution >= 4 is 47.1 Å². The Labute approximate surface area is 144 Å². The van der Waals surface area contributed by atoms with E-state index in [1.807, 2.05) is 36.6 Å². The van der Waals surface area contributed by atoms with Crippen molar-refractivity contribution in [1.29, 1.82) is 0 Å². The summed E-state index contributed by atoms with van der Waals surface area (Å²) in [5.41, 5.74) is 1.91. The van der Waals surface area contributed by atoms with Gasteiger partial charge in [-0.05, 0) is 44.2 Å². The normalized spacial score (nSPS) is 17.0. The van der Waals surface area contributed by atoms with Gasteiger partial charge in [0.2, 0.25) is 5.91 Å². The molecule has 0 aliphatic carbocycles. The monoisotopic (exact) mass is 355 g/mol. The number of nitrogens with one attached hydrogen (secondary N) is 2. The third kappa shape index (κ3) is 4.46. The predicted octanol–water partition coefficient (Wildman–Crippen LogP) is 3.57. The van der Waals surface area contributed by atoms with Crippen LogP contribution in [0.5, 0.6) is 0 Å². The SMILES string of the molecule is Cc1csc(Sc2ccc(NC(=O)C3CCNC3)cc2)n1.Cl. The molecule has 22 heavy (non-hydrogen) atoms. The van der Waals surface area contributed by atoms with Gasteiger partial charge in [0.1, 0.15) is 0 Å². The zero-order valence-corrected chi connectivity index (χ0v) is 14.6. The number of thiazole rings is 1. The van der Waals surface area contributed by atoms with Crippen LogP contribution in [0.4, 0.5) is 5.69 Å². The van der Waals surface area contributed by atoms with E-state index in [1.54, 1.807) is 23.1 Å². The topological polar surface area (TPSA) is 54.0 Å². The lowest BCUT2D eigenvalue weighted by molar-refractivity contribution is -0.119. The van der Waals surface area contributed by atoms with Gasteiger partial charge in [0.15, 0.2) is 4.34 Å². The molecular weight excluding hydrogens is 338 g/mol. The first-order valence-electron chi connectivity index (χ1n) is 6.92. The minimum atomic E-state index is 0. The number of benzene rings is 1. The van der Waals surface area contributed by atoms with Crippen LogP contribution in [0.3, 0.4) is 0 Å². The van der Waals surface area contributed by atoms with E-state index in [4.69, 9.17) is 0 Å². The molecule has 1 aromatic heterocycles. The van der Waals surface area contributed by atoms with Gasteiger partial charge in [-0.2, -0.15) is 0 Å². The maximum absolute atomic E-state index is 12.0. The summed E-state index contributed by atoms with van der Waals surface area (Å²) in [6, 6.07) is 7.93. The summed E-state index contributed by atoms with van der Waals surface area (Å²) in [5, 5.41) is 8.23. The van der Waals surface area contributed by atoms with Gasteiger partial charge in [-0.3, -0.25) is 4.79 Å². The van der Waals surface area contributed by atoms with Crippen molar-refractivity contribution in [2.24, 2.45) is 5.92 Å². The molecule has 1 fully saturated rings. The second-order valence-corrected chi connectivity index (χ2v) is 7.24. The fourth-order valence-electron chi connectivity index (χ4n) is 2.21. The maximum atomic E-state index is 12.0. The van der Waals surface area contributed by atoms with Crippen molar-refractivity contribution in [2.75, 3.05) is 18.4 Å². The van der Waals surface area contributed by atoms with Crippen molar-refractivity contribution < 1.29 is 4.79 Å². The Balaban J connectivity index is 0.00000176. The lowest BCUT2D eigenvalue weighted by Gasteiger charge is -2.10. The van der Waals surface area contributed by atoms with E-state index in [2.05, 4.69) is 15.6 Å². The Morgan fingerprint density at radius 2 is 2.18 bits per heavy atom. The molecule has 1 aliphatic rings. The van der Waals surface area contributed by atoms with Gasteiger partial charge in [0.05, 0.1) is 5.92 Å². The van der Waals surface area contributed by atoms with Crippen LogP contribution in [-0.2, 0) is 4.79 Å². The molecule has 0 spiro atoms. The molecule has 1 aromatic carbocycles. The van der Waals surface area contributed by atoms with Gasteiger partial charge < -0.3 is 10.6 Å². The molecular formula is C15H18ClN3OS2. The lowest BCUT2D eigenvalue weighted by Crippen LogP contribution is -2.24.